The Morgan fingerprint density at radius 2 is 1.89 bits per heavy atom. The summed E-state index contributed by atoms with van der Waals surface area (Å²) in [6.45, 7) is 1.45. The van der Waals surface area contributed by atoms with Crippen LogP contribution in [0.3, 0.4) is 0 Å². The Morgan fingerprint density at radius 1 is 1.33 bits per heavy atom. The third kappa shape index (κ3) is 3.64. The van der Waals surface area contributed by atoms with E-state index in [1.165, 1.54) is 7.05 Å². The molecule has 1 heterocycles. The lowest BCUT2D eigenvalue weighted by Crippen LogP contribution is -2.31. The van der Waals surface area contributed by atoms with Gasteiger partial charge >= 0.3 is 0 Å². The lowest BCUT2D eigenvalue weighted by molar-refractivity contribution is 0.486. The summed E-state index contributed by atoms with van der Waals surface area (Å²) < 4.78 is 47.3. The number of sulfone groups is 1. The van der Waals surface area contributed by atoms with Crippen molar-refractivity contribution in [3.8, 4) is 0 Å². The molecule has 1 aromatic heterocycles. The maximum atomic E-state index is 12.1. The van der Waals surface area contributed by atoms with Crippen molar-refractivity contribution in [2.45, 2.75) is 11.1 Å². The first kappa shape index (κ1) is 15.3. The molecule has 0 spiro atoms. The number of anilines is 1. The Hall–Kier alpha value is -0.710. The van der Waals surface area contributed by atoms with Crippen LogP contribution in [-0.2, 0) is 19.9 Å². The van der Waals surface area contributed by atoms with E-state index < -0.39 is 19.9 Å². The van der Waals surface area contributed by atoms with E-state index in [1.807, 2.05) is 0 Å². The van der Waals surface area contributed by atoms with Gasteiger partial charge in [0.1, 0.15) is 9.84 Å². The third-order valence-electron chi connectivity index (χ3n) is 2.19. The fourth-order valence-corrected chi connectivity index (χ4v) is 4.58. The zero-order chi connectivity index (χ0) is 14.1. The number of aryl methyl sites for hydroxylation is 1. The number of nitrogens with two attached hydrogens (primary N) is 1. The van der Waals surface area contributed by atoms with Crippen LogP contribution in [-0.4, -0.2) is 51.7 Å². The van der Waals surface area contributed by atoms with Crippen LogP contribution in [0, 0.1) is 6.92 Å². The molecule has 18 heavy (non-hydrogen) atoms. The number of nitrogen functional groups attached to an aromatic ring is 1. The van der Waals surface area contributed by atoms with E-state index in [0.29, 0.717) is 5.69 Å². The van der Waals surface area contributed by atoms with E-state index in [-0.39, 0.29) is 21.6 Å². The lowest BCUT2D eigenvalue weighted by atomic mass is 10.6. The number of rotatable bonds is 5. The highest BCUT2D eigenvalue weighted by Crippen LogP contribution is 2.27. The summed E-state index contributed by atoms with van der Waals surface area (Å²) in [6, 6.07) is 0. The SMILES string of the molecule is Cc1nc(N)sc1S(=O)(=O)N(C)CCS(C)(=O)=O. The highest BCUT2D eigenvalue weighted by Gasteiger charge is 2.26. The number of sulfonamides is 1. The molecular weight excluding hydrogens is 298 g/mol. The minimum Gasteiger partial charge on any atom is -0.375 e. The second kappa shape index (κ2) is 5.11. The van der Waals surface area contributed by atoms with E-state index in [0.717, 1.165) is 21.9 Å². The molecule has 0 amide bonds. The summed E-state index contributed by atoms with van der Waals surface area (Å²) in [5.41, 5.74) is 5.77. The zero-order valence-corrected chi connectivity index (χ0v) is 12.7. The van der Waals surface area contributed by atoms with Crippen LogP contribution in [0.4, 0.5) is 5.13 Å². The molecule has 0 unspecified atom stereocenters. The van der Waals surface area contributed by atoms with Gasteiger partial charge in [0.05, 0.1) is 11.4 Å². The fourth-order valence-electron chi connectivity index (χ4n) is 1.20. The largest absolute Gasteiger partial charge is 0.375 e. The van der Waals surface area contributed by atoms with E-state index in [2.05, 4.69) is 4.98 Å². The van der Waals surface area contributed by atoms with E-state index in [4.69, 9.17) is 5.73 Å². The van der Waals surface area contributed by atoms with E-state index in [9.17, 15) is 16.8 Å². The Labute approximate surface area is 111 Å². The standard InChI is InChI=1S/C8H15N3O4S3/c1-6-7(16-8(9)10-6)18(14,15)11(2)4-5-17(3,12)13/h4-5H2,1-3H3,(H2,9,10). The summed E-state index contributed by atoms with van der Waals surface area (Å²) >= 11 is 0.871. The molecule has 0 aromatic carbocycles. The van der Waals surface area contributed by atoms with Crippen molar-refractivity contribution in [3.05, 3.63) is 5.69 Å². The van der Waals surface area contributed by atoms with Gasteiger partial charge in [0.15, 0.2) is 9.34 Å². The monoisotopic (exact) mass is 313 g/mol. The van der Waals surface area contributed by atoms with Crippen LogP contribution < -0.4 is 5.73 Å². The van der Waals surface area contributed by atoms with Gasteiger partial charge in [-0.05, 0) is 6.92 Å². The van der Waals surface area contributed by atoms with Crippen molar-refractivity contribution in [1.82, 2.24) is 9.29 Å². The molecule has 0 saturated carbocycles. The highest BCUT2D eigenvalue weighted by atomic mass is 32.2. The van der Waals surface area contributed by atoms with E-state index >= 15 is 0 Å². The first-order valence-corrected chi connectivity index (χ1v) is 9.22. The molecule has 0 fully saturated rings. The third-order valence-corrected chi connectivity index (χ3v) is 6.55. The number of hydrogen-bond donors (Lipinski definition) is 1. The first-order valence-electron chi connectivity index (χ1n) is 4.91. The molecule has 10 heteroatoms. The normalized spacial score (nSPS) is 13.1. The Morgan fingerprint density at radius 3 is 2.28 bits per heavy atom. The first-order chi connectivity index (χ1) is 8.04. The maximum absolute atomic E-state index is 12.1. The minimum absolute atomic E-state index is 0.0519. The fraction of sp³-hybridized carbons (Fsp3) is 0.625. The summed E-state index contributed by atoms with van der Waals surface area (Å²) in [5, 5.41) is 0.169. The molecule has 0 aliphatic heterocycles. The highest BCUT2D eigenvalue weighted by molar-refractivity contribution is 7.92. The van der Waals surface area contributed by atoms with Crippen LogP contribution in [0.25, 0.3) is 0 Å². The van der Waals surface area contributed by atoms with Crippen molar-refractivity contribution in [2.75, 3.05) is 31.3 Å². The summed E-state index contributed by atoms with van der Waals surface area (Å²) in [5.74, 6) is -0.226. The summed E-state index contributed by atoms with van der Waals surface area (Å²) in [6.07, 6.45) is 1.06. The molecule has 1 aromatic rings. The van der Waals surface area contributed by atoms with Gasteiger partial charge < -0.3 is 5.73 Å². The molecule has 104 valence electrons. The van der Waals surface area contributed by atoms with Crippen LogP contribution >= 0.6 is 11.3 Å². The van der Waals surface area contributed by atoms with Gasteiger partial charge in [-0.15, -0.1) is 0 Å². The van der Waals surface area contributed by atoms with Gasteiger partial charge in [-0.25, -0.2) is 21.8 Å². The molecule has 7 nitrogen and oxygen atoms in total. The molecule has 1 rings (SSSR count). The predicted octanol–water partition coefficient (Wildman–Crippen LogP) is -0.301. The zero-order valence-electron chi connectivity index (χ0n) is 10.2. The Bertz CT molecular complexity index is 633. The lowest BCUT2D eigenvalue weighted by Gasteiger charge is -2.15. The Balaban J connectivity index is 2.97. The number of thiazole rings is 1. The average molecular weight is 313 g/mol. The van der Waals surface area contributed by atoms with Crippen molar-refractivity contribution >= 4 is 36.3 Å². The smallest absolute Gasteiger partial charge is 0.254 e. The van der Waals surface area contributed by atoms with Crippen molar-refractivity contribution in [2.24, 2.45) is 0 Å². The number of aromatic nitrogens is 1. The maximum Gasteiger partial charge on any atom is 0.254 e. The average Bonchev–Trinajstić information content (AvgIpc) is 2.53. The molecule has 2 N–H and O–H groups in total. The second-order valence-electron chi connectivity index (χ2n) is 3.88. The molecule has 0 bridgehead atoms. The van der Waals surface area contributed by atoms with E-state index in [1.54, 1.807) is 6.92 Å². The minimum atomic E-state index is -3.73. The van der Waals surface area contributed by atoms with Crippen molar-refractivity contribution in [1.29, 1.82) is 0 Å². The topological polar surface area (TPSA) is 110 Å². The molecule has 0 atom stereocenters. The van der Waals surface area contributed by atoms with Crippen molar-refractivity contribution in [3.63, 3.8) is 0 Å². The van der Waals surface area contributed by atoms with Gasteiger partial charge in [-0.2, -0.15) is 4.31 Å². The molecule has 0 saturated heterocycles. The van der Waals surface area contributed by atoms with Gasteiger partial charge in [-0.3, -0.25) is 0 Å². The van der Waals surface area contributed by atoms with Crippen LogP contribution in [0.1, 0.15) is 5.69 Å². The summed E-state index contributed by atoms with van der Waals surface area (Å²) in [7, 11) is -5.61. The quantitative estimate of drug-likeness (QED) is 0.799. The molecule has 0 aliphatic carbocycles. The van der Waals surface area contributed by atoms with Gasteiger partial charge in [0.25, 0.3) is 10.0 Å². The molecule has 0 aliphatic rings. The van der Waals surface area contributed by atoms with Gasteiger partial charge in [-0.1, -0.05) is 11.3 Å². The van der Waals surface area contributed by atoms with Gasteiger partial charge in [0.2, 0.25) is 0 Å². The Kier molecular flexibility index (Phi) is 4.36. The second-order valence-corrected chi connectivity index (χ2v) is 9.41. The number of nitrogens with zero attached hydrogens (tertiary/aromatic N) is 2. The number of hydrogen-bond acceptors (Lipinski definition) is 7. The molecule has 0 radical (unpaired) electrons. The van der Waals surface area contributed by atoms with Crippen LogP contribution in [0.15, 0.2) is 4.21 Å². The van der Waals surface area contributed by atoms with Crippen LogP contribution in [0.5, 0.6) is 0 Å². The predicted molar refractivity (Wildman–Crippen MR) is 70.8 cm³/mol. The summed E-state index contributed by atoms with van der Waals surface area (Å²) in [4.78, 5) is 3.84. The van der Waals surface area contributed by atoms with Crippen molar-refractivity contribution < 1.29 is 16.8 Å². The molecular formula is C8H15N3O4S3. The van der Waals surface area contributed by atoms with Gasteiger partial charge in [0, 0.05) is 19.8 Å². The van der Waals surface area contributed by atoms with Crippen LogP contribution in [0.2, 0.25) is 0 Å².